The van der Waals surface area contributed by atoms with Crippen molar-refractivity contribution in [3.63, 3.8) is 0 Å². The molecule has 2 fully saturated rings. The van der Waals surface area contributed by atoms with Gasteiger partial charge in [0.1, 0.15) is 0 Å². The monoisotopic (exact) mass is 632 g/mol. The summed E-state index contributed by atoms with van der Waals surface area (Å²) in [5.74, 6) is -2.14. The molecule has 0 aromatic carbocycles. The molecular formula is C18H18Cl6N2O4S3. The zero-order valence-electron chi connectivity index (χ0n) is 16.6. The molecule has 4 amide bonds. The Morgan fingerprint density at radius 3 is 0.970 bits per heavy atom. The van der Waals surface area contributed by atoms with Crippen molar-refractivity contribution in [2.45, 2.75) is 31.9 Å². The van der Waals surface area contributed by atoms with Gasteiger partial charge >= 0.3 is 0 Å². The molecule has 184 valence electrons. The summed E-state index contributed by atoms with van der Waals surface area (Å²) in [4.78, 5) is 47.6. The van der Waals surface area contributed by atoms with Crippen LogP contribution in [0.15, 0.2) is 24.3 Å². The number of halogens is 6. The zero-order valence-corrected chi connectivity index (χ0v) is 23.7. The third kappa shape index (κ3) is 7.29. The van der Waals surface area contributed by atoms with Crippen molar-refractivity contribution in [1.82, 2.24) is 8.61 Å². The van der Waals surface area contributed by atoms with Crippen molar-refractivity contribution in [3.8, 4) is 0 Å². The van der Waals surface area contributed by atoms with Gasteiger partial charge in [-0.2, -0.15) is 13.5 Å². The maximum absolute atomic E-state index is 11.9. The molecule has 0 aromatic rings. The molecule has 4 rings (SSSR count). The van der Waals surface area contributed by atoms with Crippen LogP contribution in [0.4, 0.5) is 0 Å². The first-order chi connectivity index (χ1) is 14.8. The van der Waals surface area contributed by atoms with Crippen molar-refractivity contribution >= 4 is 131 Å². The van der Waals surface area contributed by atoms with Crippen LogP contribution in [0.2, 0.25) is 0 Å². The number of carbonyl (C=O) groups is 4. The summed E-state index contributed by atoms with van der Waals surface area (Å²) in [5.41, 5.74) is 0. The Kier molecular flexibility index (Phi) is 10.6. The van der Waals surface area contributed by atoms with Gasteiger partial charge in [0.2, 0.25) is 23.6 Å². The fourth-order valence-corrected chi connectivity index (χ4v) is 6.48. The van der Waals surface area contributed by atoms with Gasteiger partial charge in [0.15, 0.2) is 0 Å². The van der Waals surface area contributed by atoms with Crippen LogP contribution in [0.25, 0.3) is 0 Å². The van der Waals surface area contributed by atoms with E-state index in [0.29, 0.717) is 49.6 Å². The highest BCUT2D eigenvalue weighted by atomic mass is 35.6. The molecule has 6 nitrogen and oxygen atoms in total. The number of hydrogen-bond acceptors (Lipinski definition) is 6. The van der Waals surface area contributed by atoms with Gasteiger partial charge in [0, 0.05) is 23.9 Å². The van der Waals surface area contributed by atoms with Gasteiger partial charge in [-0.05, 0) is 25.7 Å². The quantitative estimate of drug-likeness (QED) is 0.162. The lowest BCUT2D eigenvalue weighted by molar-refractivity contribution is -0.134. The largest absolute Gasteiger partial charge is 0.273 e. The van der Waals surface area contributed by atoms with Crippen LogP contribution in [0.3, 0.4) is 0 Å². The molecule has 0 spiro atoms. The lowest BCUT2D eigenvalue weighted by Gasteiger charge is -2.17. The lowest BCUT2D eigenvalue weighted by Crippen LogP contribution is -2.26. The summed E-state index contributed by atoms with van der Waals surface area (Å²) in [6.45, 7) is 0. The van der Waals surface area contributed by atoms with Crippen molar-refractivity contribution in [3.05, 3.63) is 24.3 Å². The zero-order chi connectivity index (χ0) is 23.8. The fraction of sp³-hybridized carbons (Fsp3) is 0.556. The molecule has 0 N–H and O–H groups in total. The second-order valence-corrected chi connectivity index (χ2v) is 15.6. The maximum atomic E-state index is 11.9. The number of imide groups is 2. The Labute approximate surface area is 236 Å². The summed E-state index contributed by atoms with van der Waals surface area (Å²) >= 11 is 34.7. The maximum Gasteiger partial charge on any atom is 0.256 e. The molecular weight excluding hydrogens is 617 g/mol. The molecule has 2 aliphatic carbocycles. The molecule has 15 heteroatoms. The first kappa shape index (κ1) is 29.8. The molecule has 2 heterocycles. The molecule has 2 saturated heterocycles. The number of rotatable bonds is 2. The van der Waals surface area contributed by atoms with Gasteiger partial charge in [0.25, 0.3) is 6.25 Å². The van der Waals surface area contributed by atoms with Crippen LogP contribution < -0.4 is 0 Å². The van der Waals surface area contributed by atoms with Gasteiger partial charge in [-0.1, -0.05) is 93.9 Å². The summed E-state index contributed by atoms with van der Waals surface area (Å²) in [5, 5.41) is 0. The van der Waals surface area contributed by atoms with E-state index in [1.165, 1.54) is 0 Å². The minimum atomic E-state index is -1.69. The summed E-state index contributed by atoms with van der Waals surface area (Å²) in [6, 6.07) is 0. The van der Waals surface area contributed by atoms with E-state index in [4.69, 9.17) is 69.6 Å². The topological polar surface area (TPSA) is 74.8 Å². The van der Waals surface area contributed by atoms with Crippen molar-refractivity contribution < 1.29 is 19.2 Å². The highest BCUT2D eigenvalue weighted by Crippen LogP contribution is 2.48. The van der Waals surface area contributed by atoms with E-state index in [1.807, 2.05) is 24.3 Å². The molecule has 0 radical (unpaired) electrons. The van der Waals surface area contributed by atoms with Crippen LogP contribution >= 0.6 is 107 Å². The van der Waals surface area contributed by atoms with E-state index in [-0.39, 0.29) is 60.8 Å². The van der Waals surface area contributed by atoms with Crippen LogP contribution in [-0.2, 0) is 19.2 Å². The van der Waals surface area contributed by atoms with Gasteiger partial charge in [-0.3, -0.25) is 19.2 Å². The Morgan fingerprint density at radius 2 is 0.788 bits per heavy atom. The normalized spacial score (nSPS) is 28.9. The smallest absolute Gasteiger partial charge is 0.256 e. The van der Waals surface area contributed by atoms with Crippen LogP contribution in [0, 0.1) is 23.7 Å². The SMILES string of the molecule is O=C1C2CC=CCC2C(=O)N1SC(Cl)(Cl)Cl.O=C1C2CC=CCC2C(=O)N1SC(Cl)(Cl)Cl.S. The minimum absolute atomic E-state index is 0. The van der Waals surface area contributed by atoms with Crippen LogP contribution in [0.1, 0.15) is 25.7 Å². The van der Waals surface area contributed by atoms with Crippen molar-refractivity contribution in [2.24, 2.45) is 23.7 Å². The summed E-state index contributed by atoms with van der Waals surface area (Å²) < 4.78 is -1.39. The molecule has 0 aromatic heterocycles. The average molecular weight is 635 g/mol. The predicted octanol–water partition coefficient (Wildman–Crippen LogP) is 5.94. The molecule has 4 unspecified atom stereocenters. The van der Waals surface area contributed by atoms with E-state index in [0.717, 1.165) is 8.61 Å². The highest BCUT2D eigenvalue weighted by Gasteiger charge is 2.51. The van der Waals surface area contributed by atoms with E-state index < -0.39 is 6.25 Å². The number of alkyl halides is 6. The molecule has 0 saturated carbocycles. The van der Waals surface area contributed by atoms with E-state index in [1.54, 1.807) is 0 Å². The molecule has 4 atom stereocenters. The Bertz CT molecular complexity index is 754. The molecule has 33 heavy (non-hydrogen) atoms. The van der Waals surface area contributed by atoms with Crippen LogP contribution in [0.5, 0.6) is 0 Å². The number of allylic oxidation sites excluding steroid dienone is 4. The van der Waals surface area contributed by atoms with E-state index in [9.17, 15) is 19.2 Å². The third-order valence-electron chi connectivity index (χ3n) is 5.32. The average Bonchev–Trinajstić information content (AvgIpc) is 3.08. The number of fused-ring (bicyclic) bond motifs is 2. The minimum Gasteiger partial charge on any atom is -0.273 e. The van der Waals surface area contributed by atoms with Crippen molar-refractivity contribution in [1.29, 1.82) is 0 Å². The molecule has 0 bridgehead atoms. The first-order valence-corrected chi connectivity index (χ1v) is 13.2. The van der Waals surface area contributed by atoms with E-state index >= 15 is 0 Å². The highest BCUT2D eigenvalue weighted by molar-refractivity contribution is 8.03. The van der Waals surface area contributed by atoms with Gasteiger partial charge < -0.3 is 0 Å². The fourth-order valence-electron chi connectivity index (χ4n) is 3.93. The molecule has 4 aliphatic rings. The first-order valence-electron chi connectivity index (χ1n) is 9.37. The second kappa shape index (κ2) is 11.7. The van der Waals surface area contributed by atoms with Crippen LogP contribution in [-0.4, -0.2) is 38.5 Å². The van der Waals surface area contributed by atoms with Gasteiger partial charge in [-0.25, -0.2) is 8.61 Å². The predicted molar refractivity (Wildman–Crippen MR) is 141 cm³/mol. The number of nitrogens with zero attached hydrogens (tertiary/aromatic N) is 2. The summed E-state index contributed by atoms with van der Waals surface area (Å²) in [7, 11) is 0. The molecule has 2 aliphatic heterocycles. The Hall–Kier alpha value is 0.550. The van der Waals surface area contributed by atoms with Gasteiger partial charge in [0.05, 0.1) is 23.7 Å². The van der Waals surface area contributed by atoms with Crippen molar-refractivity contribution in [2.75, 3.05) is 0 Å². The Balaban J connectivity index is 0.000000227. The number of hydrogen-bond donors (Lipinski definition) is 0. The Morgan fingerprint density at radius 1 is 0.576 bits per heavy atom. The van der Waals surface area contributed by atoms with Gasteiger partial charge in [-0.15, -0.1) is 0 Å². The second-order valence-electron chi connectivity index (χ2n) is 7.33. The van der Waals surface area contributed by atoms with E-state index in [2.05, 4.69) is 0 Å². The standard InChI is InChI=1S/2C9H8Cl3NO2S.H2S/c2*10-9(11,12)16-13-7(14)5-3-1-2-4-6(5)8(13)15;/h2*1-2,5-6H,3-4H2;1H2. The number of amides is 4. The lowest BCUT2D eigenvalue weighted by atomic mass is 9.85. The number of carbonyl (C=O) groups excluding carboxylic acids is 4. The summed E-state index contributed by atoms with van der Waals surface area (Å²) in [6.07, 6.45) is 10.0. The third-order valence-corrected chi connectivity index (χ3v) is 8.06.